The first kappa shape index (κ1) is 31.1. The lowest BCUT2D eigenvalue weighted by Crippen LogP contribution is -2.36. The molecular formula is C54H36N2O. The molecule has 10 aromatic rings. The van der Waals surface area contributed by atoms with Gasteiger partial charge in [-0.25, -0.2) is 0 Å². The Balaban J connectivity index is 0.980. The van der Waals surface area contributed by atoms with Crippen LogP contribution in [-0.4, -0.2) is 10.4 Å². The maximum absolute atomic E-state index is 6.50. The van der Waals surface area contributed by atoms with Crippen molar-refractivity contribution in [1.29, 1.82) is 0 Å². The quantitative estimate of drug-likeness (QED) is 0.180. The number of anilines is 2. The third kappa shape index (κ3) is 4.43. The molecule has 0 saturated heterocycles. The fourth-order valence-corrected chi connectivity index (χ4v) is 10.4. The fraction of sp³-hybridized carbons (Fsp3) is 0.0741. The van der Waals surface area contributed by atoms with Gasteiger partial charge < -0.3 is 13.7 Å². The number of fused-ring (bicyclic) bond motifs is 15. The minimum Gasteiger partial charge on any atom is -0.456 e. The van der Waals surface area contributed by atoms with Crippen LogP contribution in [-0.2, 0) is 0 Å². The second-order valence-corrected chi connectivity index (χ2v) is 15.9. The van der Waals surface area contributed by atoms with E-state index in [0.717, 1.165) is 29.5 Å². The number of furan rings is 1. The number of nitrogens with zero attached hydrogens (tertiary/aromatic N) is 2. The third-order valence-corrected chi connectivity index (χ3v) is 13.0. The van der Waals surface area contributed by atoms with E-state index in [1.807, 2.05) is 0 Å². The van der Waals surface area contributed by atoms with Gasteiger partial charge in [-0.05, 0) is 112 Å². The summed E-state index contributed by atoms with van der Waals surface area (Å²) in [5, 5.41) is 7.57. The Morgan fingerprint density at radius 2 is 1.26 bits per heavy atom. The molecule has 0 aliphatic heterocycles. The van der Waals surface area contributed by atoms with Crippen molar-refractivity contribution in [2.24, 2.45) is 0 Å². The molecular weight excluding hydrogens is 693 g/mol. The summed E-state index contributed by atoms with van der Waals surface area (Å²) in [5.74, 6) is 0.399. The highest BCUT2D eigenvalue weighted by Gasteiger charge is 2.31. The highest BCUT2D eigenvalue weighted by molar-refractivity contribution is 6.24. The van der Waals surface area contributed by atoms with Crippen LogP contribution in [0, 0.1) is 0 Å². The van der Waals surface area contributed by atoms with E-state index in [0.29, 0.717) is 5.92 Å². The average molecular weight is 729 g/mol. The Labute approximate surface area is 329 Å². The summed E-state index contributed by atoms with van der Waals surface area (Å²) in [7, 11) is 0. The number of aromatic nitrogens is 1. The number of hydrogen-bond donors (Lipinski definition) is 0. The minimum atomic E-state index is 0.0602. The summed E-state index contributed by atoms with van der Waals surface area (Å²) >= 11 is 0. The van der Waals surface area contributed by atoms with Crippen molar-refractivity contribution < 1.29 is 4.42 Å². The summed E-state index contributed by atoms with van der Waals surface area (Å²) in [6, 6.07) is 56.3. The van der Waals surface area contributed by atoms with Crippen LogP contribution in [0.4, 0.5) is 11.4 Å². The SMILES string of the molecule is C1=CCC2C(=C1)c1ccc(N(c3ccc(-c4cc5c6ccccc6n6c7ccccc7c(c4)c56)cc3)C3C=c4oc5ccccc5c4=CC3)cc1-c1ccccc12. The number of para-hydroxylation sites is 3. The van der Waals surface area contributed by atoms with E-state index in [2.05, 4.69) is 191 Å². The van der Waals surface area contributed by atoms with Gasteiger partial charge in [-0.1, -0.05) is 121 Å². The maximum Gasteiger partial charge on any atom is 0.135 e. The van der Waals surface area contributed by atoms with Crippen LogP contribution in [0.15, 0.2) is 174 Å². The van der Waals surface area contributed by atoms with Crippen molar-refractivity contribution in [2.75, 3.05) is 4.90 Å². The highest BCUT2D eigenvalue weighted by Crippen LogP contribution is 2.51. The van der Waals surface area contributed by atoms with Crippen LogP contribution in [0.25, 0.3) is 89.0 Å². The zero-order valence-corrected chi connectivity index (χ0v) is 31.2. The molecule has 0 radical (unpaired) electrons. The summed E-state index contributed by atoms with van der Waals surface area (Å²) in [6.45, 7) is 0. The second kappa shape index (κ2) is 11.7. The topological polar surface area (TPSA) is 20.8 Å². The highest BCUT2D eigenvalue weighted by atomic mass is 16.3. The molecule has 3 heteroatoms. The number of hydrogen-bond acceptors (Lipinski definition) is 2. The Hall–Kier alpha value is -7.10. The largest absolute Gasteiger partial charge is 0.456 e. The van der Waals surface area contributed by atoms with Crippen molar-refractivity contribution >= 4 is 78.2 Å². The standard InChI is InChI=1S/C54H36N2O/c1-2-13-40-38(11-1)39-12-3-4-14-41(39)47-31-36(25-27-42(40)47)55(37-26-28-46-45-17-7-10-20-52(45)57-53(46)32-37)35-23-21-33(22-24-35)34-29-48-43-15-5-8-18-50(43)56-51-19-9-6-16-44(51)49(30-34)54(48)56/h1-10,12-25,27-32,37-38H,11,26H2. The van der Waals surface area contributed by atoms with Crippen LogP contribution in [0.5, 0.6) is 0 Å². The van der Waals surface area contributed by atoms with E-state index in [-0.39, 0.29) is 6.04 Å². The van der Waals surface area contributed by atoms with Gasteiger partial charge in [-0.15, -0.1) is 0 Å². The molecule has 2 atom stereocenters. The van der Waals surface area contributed by atoms with Crippen LogP contribution in [0.2, 0.25) is 0 Å². The molecule has 0 saturated carbocycles. The lowest BCUT2D eigenvalue weighted by atomic mass is 9.72. The van der Waals surface area contributed by atoms with E-state index in [1.165, 1.54) is 93.3 Å². The summed E-state index contributed by atoms with van der Waals surface area (Å²) in [4.78, 5) is 2.52. The number of allylic oxidation sites excluding steroid dienone is 4. The summed E-state index contributed by atoms with van der Waals surface area (Å²) in [6.07, 6.45) is 13.5. The average Bonchev–Trinajstić information content (AvgIpc) is 3.93. The van der Waals surface area contributed by atoms with Crippen molar-refractivity contribution in [3.05, 3.63) is 192 Å². The molecule has 0 bridgehead atoms. The van der Waals surface area contributed by atoms with Crippen LogP contribution in [0.3, 0.4) is 0 Å². The Morgan fingerprint density at radius 1 is 0.561 bits per heavy atom. The molecule has 3 heterocycles. The Bertz CT molecular complexity index is 3400. The van der Waals surface area contributed by atoms with E-state index in [4.69, 9.17) is 4.42 Å². The molecule has 3 aliphatic rings. The van der Waals surface area contributed by atoms with Gasteiger partial charge >= 0.3 is 0 Å². The summed E-state index contributed by atoms with van der Waals surface area (Å²) < 4.78 is 8.95. The first-order valence-corrected chi connectivity index (χ1v) is 20.1. The van der Waals surface area contributed by atoms with E-state index in [9.17, 15) is 0 Å². The monoisotopic (exact) mass is 728 g/mol. The summed E-state index contributed by atoms with van der Waals surface area (Å²) in [5.41, 5.74) is 17.3. The lowest BCUT2D eigenvalue weighted by Gasteiger charge is -2.35. The maximum atomic E-state index is 6.50. The molecule has 3 aromatic heterocycles. The van der Waals surface area contributed by atoms with Gasteiger partial charge in [0.25, 0.3) is 0 Å². The molecule has 3 nitrogen and oxygen atoms in total. The van der Waals surface area contributed by atoms with Gasteiger partial charge in [0.2, 0.25) is 0 Å². The zero-order chi connectivity index (χ0) is 37.2. The second-order valence-electron chi connectivity index (χ2n) is 15.9. The number of benzene rings is 7. The van der Waals surface area contributed by atoms with Crippen LogP contribution in [0.1, 0.15) is 29.9 Å². The van der Waals surface area contributed by atoms with E-state index < -0.39 is 0 Å². The molecule has 57 heavy (non-hydrogen) atoms. The number of rotatable bonds is 4. The van der Waals surface area contributed by atoms with Crippen molar-refractivity contribution in [1.82, 2.24) is 4.40 Å². The van der Waals surface area contributed by atoms with Crippen molar-refractivity contribution in [2.45, 2.75) is 24.8 Å². The molecule has 0 fully saturated rings. The van der Waals surface area contributed by atoms with Gasteiger partial charge in [0.05, 0.1) is 22.6 Å². The normalized spacial score (nSPS) is 16.9. The first-order chi connectivity index (χ1) is 28.3. The lowest BCUT2D eigenvalue weighted by molar-refractivity contribution is 0.568. The molecule has 7 aromatic carbocycles. The van der Waals surface area contributed by atoms with Gasteiger partial charge in [-0.3, -0.25) is 0 Å². The molecule has 2 unspecified atom stereocenters. The van der Waals surface area contributed by atoms with E-state index >= 15 is 0 Å². The van der Waals surface area contributed by atoms with Gasteiger partial charge in [0.1, 0.15) is 11.0 Å². The van der Waals surface area contributed by atoms with Gasteiger partial charge in [0.15, 0.2) is 0 Å². The van der Waals surface area contributed by atoms with Gasteiger partial charge in [0, 0.05) is 49.4 Å². The van der Waals surface area contributed by atoms with Crippen molar-refractivity contribution in [3.8, 4) is 22.3 Å². The third-order valence-electron chi connectivity index (χ3n) is 13.0. The first-order valence-electron chi connectivity index (χ1n) is 20.1. The predicted molar refractivity (Wildman–Crippen MR) is 238 cm³/mol. The van der Waals surface area contributed by atoms with Crippen LogP contribution >= 0.6 is 0 Å². The molecule has 0 spiro atoms. The molecule has 13 rings (SSSR count). The predicted octanol–water partition coefficient (Wildman–Crippen LogP) is 12.5. The molecule has 3 aliphatic carbocycles. The molecule has 0 N–H and O–H groups in total. The van der Waals surface area contributed by atoms with E-state index in [1.54, 1.807) is 0 Å². The zero-order valence-electron chi connectivity index (χ0n) is 31.2. The van der Waals surface area contributed by atoms with Crippen LogP contribution < -0.4 is 15.5 Å². The van der Waals surface area contributed by atoms with Crippen molar-refractivity contribution in [3.63, 3.8) is 0 Å². The smallest absolute Gasteiger partial charge is 0.135 e. The molecule has 268 valence electrons. The minimum absolute atomic E-state index is 0.0602. The molecule has 0 amide bonds. The Morgan fingerprint density at radius 3 is 2.07 bits per heavy atom. The Kier molecular flexibility index (Phi) is 6.40. The van der Waals surface area contributed by atoms with Gasteiger partial charge in [-0.2, -0.15) is 0 Å². The fourth-order valence-electron chi connectivity index (χ4n) is 10.4.